The maximum absolute atomic E-state index is 13.0. The minimum absolute atomic E-state index is 0.0233. The second kappa shape index (κ2) is 9.37. The molecular weight excluding hydrogens is 427 g/mol. The van der Waals surface area contributed by atoms with Crippen LogP contribution in [0.5, 0.6) is 0 Å². The highest BCUT2D eigenvalue weighted by atomic mass is 19.4. The molecule has 9 nitrogen and oxygen atoms in total. The Bertz CT molecular complexity index is 974. The summed E-state index contributed by atoms with van der Waals surface area (Å²) in [6.07, 6.45) is -0.123. The molecule has 1 saturated heterocycles. The maximum Gasteiger partial charge on any atom is 0.416 e. The molecule has 0 atom stereocenters. The fraction of sp³-hybridized carbons (Fsp3) is 0.450. The summed E-state index contributed by atoms with van der Waals surface area (Å²) in [4.78, 5) is 39.5. The Labute approximate surface area is 182 Å². The number of urea groups is 1. The molecule has 0 unspecified atom stereocenters. The van der Waals surface area contributed by atoms with Gasteiger partial charge in [0.2, 0.25) is 5.91 Å². The van der Waals surface area contributed by atoms with Crippen LogP contribution in [0.3, 0.4) is 0 Å². The smallest absolute Gasteiger partial charge is 0.369 e. The van der Waals surface area contributed by atoms with Gasteiger partial charge in [-0.25, -0.2) is 14.8 Å². The molecule has 3 amide bonds. The van der Waals surface area contributed by atoms with Gasteiger partial charge in [0.15, 0.2) is 0 Å². The lowest BCUT2D eigenvalue weighted by atomic mass is 10.0. The number of nitrogens with zero attached hydrogens (tertiary/aromatic N) is 5. The molecule has 2 aromatic heterocycles. The standard InChI is InChI=1S/C20H24F3N7O2/c1-12-7-13(20(21,22)23)8-17(27-12)28-19(32)29(2)15-3-5-30(6-4-15)18-11-25-14(10-26-18)9-16(24)31/h7-8,10-11,15H,3-6,9H2,1-2H3,(H2,24,31)(H,27,28,32). The number of piperidine rings is 1. The van der Waals surface area contributed by atoms with Crippen LogP contribution in [0.1, 0.15) is 29.8 Å². The van der Waals surface area contributed by atoms with Gasteiger partial charge >= 0.3 is 12.2 Å². The number of nitrogens with two attached hydrogens (primary N) is 1. The third-order valence-corrected chi connectivity index (χ3v) is 5.22. The number of rotatable bonds is 5. The van der Waals surface area contributed by atoms with Crippen molar-refractivity contribution in [2.24, 2.45) is 5.73 Å². The van der Waals surface area contributed by atoms with Gasteiger partial charge in [-0.1, -0.05) is 0 Å². The summed E-state index contributed by atoms with van der Waals surface area (Å²) in [6, 6.07) is 1.13. The fourth-order valence-electron chi connectivity index (χ4n) is 3.52. The van der Waals surface area contributed by atoms with Gasteiger partial charge < -0.3 is 15.5 Å². The summed E-state index contributed by atoms with van der Waals surface area (Å²) in [5.41, 5.74) is 4.94. The van der Waals surface area contributed by atoms with E-state index in [9.17, 15) is 22.8 Å². The number of aromatic nitrogens is 3. The predicted octanol–water partition coefficient (Wildman–Crippen LogP) is 2.36. The first kappa shape index (κ1) is 23.2. The minimum atomic E-state index is -4.52. The number of pyridine rings is 1. The lowest BCUT2D eigenvalue weighted by Gasteiger charge is -2.37. The summed E-state index contributed by atoms with van der Waals surface area (Å²) in [6.45, 7) is 2.67. The van der Waals surface area contributed by atoms with Gasteiger partial charge in [-0.05, 0) is 31.9 Å². The fourth-order valence-corrected chi connectivity index (χ4v) is 3.52. The number of amides is 3. The van der Waals surface area contributed by atoms with Crippen molar-refractivity contribution in [3.8, 4) is 0 Å². The molecule has 12 heteroatoms. The number of hydrogen-bond acceptors (Lipinski definition) is 6. The average molecular weight is 451 g/mol. The van der Waals surface area contributed by atoms with Gasteiger partial charge in [-0.3, -0.25) is 15.1 Å². The Morgan fingerprint density at radius 1 is 1.22 bits per heavy atom. The van der Waals surface area contributed by atoms with E-state index >= 15 is 0 Å². The van der Waals surface area contributed by atoms with E-state index in [-0.39, 0.29) is 24.0 Å². The molecule has 32 heavy (non-hydrogen) atoms. The SMILES string of the molecule is Cc1cc(C(F)(F)F)cc(NC(=O)N(C)C2CCN(c3cnc(CC(N)=O)cn3)CC2)n1. The lowest BCUT2D eigenvalue weighted by Crippen LogP contribution is -2.47. The highest BCUT2D eigenvalue weighted by Gasteiger charge is 2.32. The van der Waals surface area contributed by atoms with Crippen LogP contribution in [-0.2, 0) is 17.4 Å². The Morgan fingerprint density at radius 3 is 2.47 bits per heavy atom. The van der Waals surface area contributed by atoms with Crippen LogP contribution >= 0.6 is 0 Å². The van der Waals surface area contributed by atoms with Gasteiger partial charge in [0.25, 0.3) is 0 Å². The first-order valence-electron chi connectivity index (χ1n) is 9.97. The van der Waals surface area contributed by atoms with Crippen molar-refractivity contribution in [3.63, 3.8) is 0 Å². The second-order valence-electron chi connectivity index (χ2n) is 7.65. The van der Waals surface area contributed by atoms with Crippen molar-refractivity contribution < 1.29 is 22.8 Å². The van der Waals surface area contributed by atoms with Crippen LogP contribution in [-0.4, -0.2) is 58.0 Å². The van der Waals surface area contributed by atoms with Crippen molar-refractivity contribution in [2.45, 2.75) is 38.4 Å². The molecule has 0 spiro atoms. The molecule has 1 aliphatic heterocycles. The summed E-state index contributed by atoms with van der Waals surface area (Å²) in [5, 5.41) is 2.46. The number of carbonyl (C=O) groups excluding carboxylic acids is 2. The molecule has 3 rings (SSSR count). The van der Waals surface area contributed by atoms with Crippen LogP contribution < -0.4 is 16.0 Å². The van der Waals surface area contributed by atoms with Crippen LogP contribution in [0.4, 0.5) is 29.6 Å². The van der Waals surface area contributed by atoms with E-state index in [1.807, 2.05) is 4.90 Å². The number of aryl methyl sites for hydroxylation is 1. The van der Waals surface area contributed by atoms with Gasteiger partial charge in [-0.15, -0.1) is 0 Å². The van der Waals surface area contributed by atoms with Gasteiger partial charge in [0, 0.05) is 31.9 Å². The largest absolute Gasteiger partial charge is 0.416 e. The molecule has 172 valence electrons. The predicted molar refractivity (Wildman–Crippen MR) is 111 cm³/mol. The Balaban J connectivity index is 1.57. The monoisotopic (exact) mass is 451 g/mol. The van der Waals surface area contributed by atoms with Crippen LogP contribution in [0.2, 0.25) is 0 Å². The molecule has 0 aliphatic carbocycles. The first-order valence-corrected chi connectivity index (χ1v) is 9.97. The van der Waals surface area contributed by atoms with Gasteiger partial charge in [-0.2, -0.15) is 13.2 Å². The molecule has 0 aromatic carbocycles. The highest BCUT2D eigenvalue weighted by molar-refractivity contribution is 5.88. The minimum Gasteiger partial charge on any atom is -0.369 e. The van der Waals surface area contributed by atoms with Crippen LogP contribution in [0, 0.1) is 6.92 Å². The van der Waals surface area contributed by atoms with Crippen molar-refractivity contribution in [2.75, 3.05) is 30.4 Å². The summed E-state index contributed by atoms with van der Waals surface area (Å²) >= 11 is 0. The van der Waals surface area contributed by atoms with Crippen molar-refractivity contribution >= 4 is 23.6 Å². The Kier molecular flexibility index (Phi) is 6.80. The van der Waals surface area contributed by atoms with Gasteiger partial charge in [0.05, 0.1) is 30.1 Å². The van der Waals surface area contributed by atoms with E-state index in [1.165, 1.54) is 18.0 Å². The van der Waals surface area contributed by atoms with Crippen molar-refractivity contribution in [1.29, 1.82) is 0 Å². The van der Waals surface area contributed by atoms with E-state index in [1.54, 1.807) is 13.2 Å². The summed E-state index contributed by atoms with van der Waals surface area (Å²) in [5.74, 6) is 0.0371. The number of anilines is 2. The molecule has 3 heterocycles. The van der Waals surface area contributed by atoms with E-state index < -0.39 is 23.7 Å². The molecule has 0 bridgehead atoms. The van der Waals surface area contributed by atoms with Crippen LogP contribution in [0.25, 0.3) is 0 Å². The quantitative estimate of drug-likeness (QED) is 0.721. The van der Waals surface area contributed by atoms with E-state index in [0.29, 0.717) is 37.4 Å². The molecule has 3 N–H and O–H groups in total. The zero-order valence-corrected chi connectivity index (χ0v) is 17.7. The lowest BCUT2D eigenvalue weighted by molar-refractivity contribution is -0.137. The molecular formula is C20H24F3N7O2. The number of carbonyl (C=O) groups is 2. The van der Waals surface area contributed by atoms with E-state index in [4.69, 9.17) is 5.73 Å². The zero-order valence-electron chi connectivity index (χ0n) is 17.7. The number of hydrogen-bond donors (Lipinski definition) is 2. The third kappa shape index (κ3) is 5.83. The Morgan fingerprint density at radius 2 is 1.91 bits per heavy atom. The maximum atomic E-state index is 13.0. The first-order chi connectivity index (χ1) is 15.0. The van der Waals surface area contributed by atoms with Crippen LogP contribution in [0.15, 0.2) is 24.5 Å². The molecule has 1 aliphatic rings. The number of nitrogens with one attached hydrogen (secondary N) is 1. The third-order valence-electron chi connectivity index (χ3n) is 5.22. The zero-order chi connectivity index (χ0) is 23.5. The second-order valence-corrected chi connectivity index (χ2v) is 7.65. The molecule has 0 radical (unpaired) electrons. The molecule has 2 aromatic rings. The van der Waals surface area contributed by atoms with E-state index in [0.717, 1.165) is 12.1 Å². The highest BCUT2D eigenvalue weighted by Crippen LogP contribution is 2.31. The number of primary amides is 1. The average Bonchev–Trinajstić information content (AvgIpc) is 2.72. The number of halogens is 3. The Hall–Kier alpha value is -3.44. The van der Waals surface area contributed by atoms with Crippen molar-refractivity contribution in [1.82, 2.24) is 19.9 Å². The molecule has 0 saturated carbocycles. The molecule has 1 fully saturated rings. The number of alkyl halides is 3. The summed E-state index contributed by atoms with van der Waals surface area (Å²) in [7, 11) is 1.61. The van der Waals surface area contributed by atoms with Crippen molar-refractivity contribution in [3.05, 3.63) is 41.5 Å². The topological polar surface area (TPSA) is 117 Å². The van der Waals surface area contributed by atoms with Gasteiger partial charge in [0.1, 0.15) is 11.6 Å². The normalized spacial score (nSPS) is 14.8. The summed E-state index contributed by atoms with van der Waals surface area (Å²) < 4.78 is 39.0. The van der Waals surface area contributed by atoms with E-state index in [2.05, 4.69) is 20.3 Å².